The van der Waals surface area contributed by atoms with Crippen LogP contribution in [0, 0.1) is 11.3 Å². The summed E-state index contributed by atoms with van der Waals surface area (Å²) in [4.78, 5) is 10.2. The summed E-state index contributed by atoms with van der Waals surface area (Å²) in [6.07, 6.45) is 3.86. The zero-order valence-corrected chi connectivity index (χ0v) is 8.56. The van der Waals surface area contributed by atoms with E-state index in [1.54, 1.807) is 12.3 Å². The van der Waals surface area contributed by atoms with Gasteiger partial charge in [-0.3, -0.25) is 0 Å². The quantitative estimate of drug-likeness (QED) is 0.723. The van der Waals surface area contributed by atoms with E-state index in [9.17, 15) is 0 Å². The molecule has 1 aromatic heterocycles. The lowest BCUT2D eigenvalue weighted by atomic mass is 10.3. The van der Waals surface area contributed by atoms with Crippen LogP contribution in [0.5, 0.6) is 0 Å². The highest BCUT2D eigenvalue weighted by Crippen LogP contribution is 2.05. The molecule has 0 aliphatic rings. The molecular formula is C10H14N4. The van der Waals surface area contributed by atoms with Crippen molar-refractivity contribution in [2.45, 2.75) is 19.8 Å². The SMILES string of the molecule is CCCCN(C)c1nccc(C#N)n1. The fraction of sp³-hybridized carbons (Fsp3) is 0.500. The molecule has 0 saturated heterocycles. The Hall–Kier alpha value is -1.63. The number of aromatic nitrogens is 2. The third-order valence-corrected chi connectivity index (χ3v) is 1.95. The van der Waals surface area contributed by atoms with E-state index in [0.29, 0.717) is 11.6 Å². The largest absolute Gasteiger partial charge is 0.344 e. The maximum atomic E-state index is 8.66. The number of rotatable bonds is 4. The van der Waals surface area contributed by atoms with E-state index in [2.05, 4.69) is 16.9 Å². The summed E-state index contributed by atoms with van der Waals surface area (Å²) in [5.74, 6) is 0.623. The first kappa shape index (κ1) is 10.5. The van der Waals surface area contributed by atoms with Crippen molar-refractivity contribution < 1.29 is 0 Å². The van der Waals surface area contributed by atoms with Crippen LogP contribution in [0.2, 0.25) is 0 Å². The van der Waals surface area contributed by atoms with Gasteiger partial charge in [-0.25, -0.2) is 9.97 Å². The molecule has 1 rings (SSSR count). The van der Waals surface area contributed by atoms with Gasteiger partial charge >= 0.3 is 0 Å². The zero-order chi connectivity index (χ0) is 10.4. The average molecular weight is 190 g/mol. The van der Waals surface area contributed by atoms with Crippen molar-refractivity contribution in [2.75, 3.05) is 18.5 Å². The van der Waals surface area contributed by atoms with Crippen LogP contribution in [0.1, 0.15) is 25.5 Å². The van der Waals surface area contributed by atoms with Crippen LogP contribution in [0.15, 0.2) is 12.3 Å². The minimum Gasteiger partial charge on any atom is -0.344 e. The number of unbranched alkanes of at least 4 members (excludes halogenated alkanes) is 1. The molecule has 0 fully saturated rings. The van der Waals surface area contributed by atoms with Crippen LogP contribution in [0.3, 0.4) is 0 Å². The van der Waals surface area contributed by atoms with Gasteiger partial charge in [-0.15, -0.1) is 0 Å². The van der Waals surface area contributed by atoms with Crippen LogP contribution in [-0.4, -0.2) is 23.6 Å². The maximum Gasteiger partial charge on any atom is 0.226 e. The fourth-order valence-electron chi connectivity index (χ4n) is 1.09. The summed E-state index contributed by atoms with van der Waals surface area (Å²) < 4.78 is 0. The molecule has 0 radical (unpaired) electrons. The Kier molecular flexibility index (Phi) is 3.86. The molecule has 0 amide bonds. The average Bonchev–Trinajstić information content (AvgIpc) is 2.26. The van der Waals surface area contributed by atoms with Crippen LogP contribution >= 0.6 is 0 Å². The maximum absolute atomic E-state index is 8.66. The molecule has 14 heavy (non-hydrogen) atoms. The third kappa shape index (κ3) is 2.70. The van der Waals surface area contributed by atoms with Gasteiger partial charge in [0.05, 0.1) is 0 Å². The van der Waals surface area contributed by atoms with Crippen LogP contribution in [0.4, 0.5) is 5.95 Å². The van der Waals surface area contributed by atoms with Crippen LogP contribution in [-0.2, 0) is 0 Å². The summed E-state index contributed by atoms with van der Waals surface area (Å²) in [5, 5.41) is 8.66. The first-order chi connectivity index (χ1) is 6.77. The molecule has 1 aromatic rings. The lowest BCUT2D eigenvalue weighted by Gasteiger charge is -2.15. The van der Waals surface area contributed by atoms with Crippen molar-refractivity contribution in [1.29, 1.82) is 5.26 Å². The monoisotopic (exact) mass is 190 g/mol. The van der Waals surface area contributed by atoms with E-state index in [-0.39, 0.29) is 0 Å². The molecule has 4 nitrogen and oxygen atoms in total. The van der Waals surface area contributed by atoms with E-state index >= 15 is 0 Å². The van der Waals surface area contributed by atoms with Crippen molar-refractivity contribution in [2.24, 2.45) is 0 Å². The van der Waals surface area contributed by atoms with Gasteiger partial charge in [0.15, 0.2) is 0 Å². The molecule has 0 saturated carbocycles. The highest BCUT2D eigenvalue weighted by atomic mass is 15.2. The number of hydrogen-bond donors (Lipinski definition) is 0. The summed E-state index contributed by atoms with van der Waals surface area (Å²) in [7, 11) is 1.94. The Labute approximate surface area is 84.2 Å². The van der Waals surface area contributed by atoms with Gasteiger partial charge < -0.3 is 4.90 Å². The number of hydrogen-bond acceptors (Lipinski definition) is 4. The topological polar surface area (TPSA) is 52.8 Å². The summed E-state index contributed by atoms with van der Waals surface area (Å²) in [5.41, 5.74) is 0.415. The lowest BCUT2D eigenvalue weighted by Crippen LogP contribution is -2.20. The second-order valence-corrected chi connectivity index (χ2v) is 3.13. The molecule has 74 valence electrons. The predicted molar refractivity (Wildman–Crippen MR) is 54.9 cm³/mol. The highest BCUT2D eigenvalue weighted by Gasteiger charge is 2.03. The molecule has 0 aliphatic carbocycles. The fourth-order valence-corrected chi connectivity index (χ4v) is 1.09. The smallest absolute Gasteiger partial charge is 0.226 e. The minimum atomic E-state index is 0.415. The minimum absolute atomic E-state index is 0.415. The van der Waals surface area contributed by atoms with E-state index in [0.717, 1.165) is 19.4 Å². The molecule has 0 spiro atoms. The summed E-state index contributed by atoms with van der Waals surface area (Å²) in [6.45, 7) is 3.06. The number of nitriles is 1. The third-order valence-electron chi connectivity index (χ3n) is 1.95. The second kappa shape index (κ2) is 5.18. The van der Waals surface area contributed by atoms with Gasteiger partial charge in [0.25, 0.3) is 0 Å². The normalized spacial score (nSPS) is 9.50. The molecule has 0 bridgehead atoms. The molecule has 4 heteroatoms. The highest BCUT2D eigenvalue weighted by molar-refractivity contribution is 5.32. The van der Waals surface area contributed by atoms with Crippen molar-refractivity contribution in [3.05, 3.63) is 18.0 Å². The van der Waals surface area contributed by atoms with E-state index in [1.165, 1.54) is 0 Å². The second-order valence-electron chi connectivity index (χ2n) is 3.13. The Morgan fingerprint density at radius 2 is 2.36 bits per heavy atom. The van der Waals surface area contributed by atoms with Crippen LogP contribution < -0.4 is 4.90 Å². The van der Waals surface area contributed by atoms with Crippen molar-refractivity contribution in [3.63, 3.8) is 0 Å². The molecule has 0 atom stereocenters. The number of nitrogens with zero attached hydrogens (tertiary/aromatic N) is 4. The predicted octanol–water partition coefficient (Wildman–Crippen LogP) is 1.58. The first-order valence-electron chi connectivity index (χ1n) is 4.72. The lowest BCUT2D eigenvalue weighted by molar-refractivity contribution is 0.749. The molecule has 1 heterocycles. The Morgan fingerprint density at radius 1 is 1.57 bits per heavy atom. The van der Waals surface area contributed by atoms with Gasteiger partial charge in [0.2, 0.25) is 5.95 Å². The van der Waals surface area contributed by atoms with E-state index < -0.39 is 0 Å². The van der Waals surface area contributed by atoms with Crippen molar-refractivity contribution >= 4 is 5.95 Å². The van der Waals surface area contributed by atoms with Gasteiger partial charge in [0, 0.05) is 19.8 Å². The zero-order valence-electron chi connectivity index (χ0n) is 8.56. The number of anilines is 1. The molecule has 0 aliphatic heterocycles. The van der Waals surface area contributed by atoms with Gasteiger partial charge in [-0.2, -0.15) is 5.26 Å². The van der Waals surface area contributed by atoms with Crippen molar-refractivity contribution in [3.8, 4) is 6.07 Å². The standard InChI is InChI=1S/C10H14N4/c1-3-4-7-14(2)10-12-6-5-9(8-11)13-10/h5-6H,3-4,7H2,1-2H3. The molecule has 0 N–H and O–H groups in total. The summed E-state index contributed by atoms with van der Waals surface area (Å²) >= 11 is 0. The first-order valence-corrected chi connectivity index (χ1v) is 4.72. The summed E-state index contributed by atoms with van der Waals surface area (Å²) in [6, 6.07) is 3.61. The Bertz CT molecular complexity index is 329. The molecular weight excluding hydrogens is 176 g/mol. The molecule has 0 unspecified atom stereocenters. The van der Waals surface area contributed by atoms with Gasteiger partial charge in [-0.05, 0) is 12.5 Å². The van der Waals surface area contributed by atoms with Gasteiger partial charge in [0.1, 0.15) is 11.8 Å². The van der Waals surface area contributed by atoms with E-state index in [4.69, 9.17) is 5.26 Å². The Balaban J connectivity index is 2.70. The Morgan fingerprint density at radius 3 is 3.00 bits per heavy atom. The van der Waals surface area contributed by atoms with Crippen molar-refractivity contribution in [1.82, 2.24) is 9.97 Å². The molecule has 0 aromatic carbocycles. The van der Waals surface area contributed by atoms with E-state index in [1.807, 2.05) is 18.0 Å². The van der Waals surface area contributed by atoms with Crippen LogP contribution in [0.25, 0.3) is 0 Å². The van der Waals surface area contributed by atoms with Gasteiger partial charge in [-0.1, -0.05) is 13.3 Å².